The summed E-state index contributed by atoms with van der Waals surface area (Å²) in [6.07, 6.45) is -6.44. The summed E-state index contributed by atoms with van der Waals surface area (Å²) in [5.74, 6) is -9.42. The van der Waals surface area contributed by atoms with Crippen LogP contribution in [0.25, 0.3) is 0 Å². The Kier molecular flexibility index (Phi) is 4.20. The third-order valence-electron chi connectivity index (χ3n) is 1.29. The van der Waals surface area contributed by atoms with Gasteiger partial charge in [-0.3, -0.25) is 4.79 Å². The van der Waals surface area contributed by atoms with Gasteiger partial charge in [0.25, 0.3) is 0 Å². The first kappa shape index (κ1) is 16.8. The Morgan fingerprint density at radius 3 is 1.61 bits per heavy atom. The van der Waals surface area contributed by atoms with Crippen LogP contribution in [0.3, 0.4) is 0 Å². The minimum atomic E-state index is -6.64. The van der Waals surface area contributed by atoms with Gasteiger partial charge in [-0.2, -0.15) is 39.2 Å². The summed E-state index contributed by atoms with van der Waals surface area (Å²) in [6.45, 7) is 0. The second kappa shape index (κ2) is 4.49. The molecule has 0 rings (SSSR count). The van der Waals surface area contributed by atoms with Crippen LogP contribution in [0, 0.1) is 0 Å². The highest BCUT2D eigenvalue weighted by atomic mass is 32.2. The van der Waals surface area contributed by atoms with E-state index in [0.717, 1.165) is 0 Å². The summed E-state index contributed by atoms with van der Waals surface area (Å²) >= 11 is 0. The van der Waals surface area contributed by atoms with Gasteiger partial charge in [0.2, 0.25) is 0 Å². The van der Waals surface area contributed by atoms with Gasteiger partial charge in [-0.1, -0.05) is 0 Å². The van der Waals surface area contributed by atoms with Crippen molar-refractivity contribution in [3.8, 4) is 0 Å². The molecular weight excluding hydrogens is 310 g/mol. The fourth-order valence-corrected chi connectivity index (χ4v) is 0.944. The summed E-state index contributed by atoms with van der Waals surface area (Å²) in [4.78, 5) is 11.9. The third kappa shape index (κ3) is 2.98. The molecule has 1 unspecified atom stereocenters. The minimum Gasteiger partial charge on any atom is -0.267 e. The fraction of sp³-hybridized carbons (Fsp3) is 0.750. The summed E-state index contributed by atoms with van der Waals surface area (Å²) in [7, 11) is -6.64. The first-order valence-electron chi connectivity index (χ1n) is 3.38. The smallest absolute Gasteiger partial charge is 0.267 e. The van der Waals surface area contributed by atoms with Crippen molar-refractivity contribution in [1.82, 2.24) is 4.72 Å². The van der Waals surface area contributed by atoms with E-state index < -0.39 is 33.5 Å². The van der Waals surface area contributed by atoms with Crippen molar-refractivity contribution in [2.24, 2.45) is 0 Å². The number of hydrogen-bond donors (Lipinski definition) is 1. The zero-order chi connectivity index (χ0) is 15.0. The van der Waals surface area contributed by atoms with E-state index in [1.54, 1.807) is 4.94 Å². The van der Waals surface area contributed by atoms with Crippen LogP contribution < -0.4 is 4.72 Å². The Hall–Kier alpha value is -1.18. The number of halogens is 8. The van der Waals surface area contributed by atoms with Crippen molar-refractivity contribution in [3.63, 3.8) is 0 Å². The lowest BCUT2D eigenvalue weighted by Crippen LogP contribution is -2.57. The lowest BCUT2D eigenvalue weighted by molar-refractivity contribution is -0.380. The molecule has 0 saturated heterocycles. The molecule has 1 amide bonds. The average Bonchev–Trinajstić information content (AvgIpc) is 2.11. The quantitative estimate of drug-likeness (QED) is 0.792. The molecule has 5 nitrogen and oxygen atoms in total. The molecule has 1 atom stereocenters. The zero-order valence-corrected chi connectivity index (χ0v) is 8.38. The molecule has 0 aromatic heterocycles. The fourth-order valence-electron chi connectivity index (χ4n) is 0.453. The van der Waals surface area contributed by atoms with Crippen molar-refractivity contribution in [1.29, 1.82) is 0 Å². The maximum atomic E-state index is 12.6. The van der Waals surface area contributed by atoms with Crippen molar-refractivity contribution < 1.29 is 53.4 Å². The Bertz CT molecular complexity index is 425. The van der Waals surface area contributed by atoms with E-state index in [0.29, 0.717) is 0 Å². The minimum absolute atomic E-state index is 0.357. The van der Waals surface area contributed by atoms with Crippen LogP contribution in [0.4, 0.5) is 35.3 Å². The molecule has 0 spiro atoms. The number of hydrogen-bond acceptors (Lipinski definition) is 4. The molecule has 1 N–H and O–H groups in total. The van der Waals surface area contributed by atoms with Gasteiger partial charge in [0.1, 0.15) is 0 Å². The Morgan fingerprint density at radius 2 is 1.39 bits per heavy atom. The highest BCUT2D eigenvalue weighted by Gasteiger charge is 2.67. The van der Waals surface area contributed by atoms with Crippen molar-refractivity contribution in [3.05, 3.63) is 0 Å². The Labute approximate surface area is 92.6 Å². The van der Waals surface area contributed by atoms with Crippen LogP contribution in [0.1, 0.15) is 0 Å². The summed E-state index contributed by atoms with van der Waals surface area (Å²) in [5.41, 5.74) is -6.20. The van der Waals surface area contributed by atoms with Gasteiger partial charge in [0.05, 0.1) is 0 Å². The van der Waals surface area contributed by atoms with Gasteiger partial charge in [-0.15, -0.1) is 4.94 Å². The molecule has 0 heterocycles. The molecule has 0 radical (unpaired) electrons. The van der Waals surface area contributed by atoms with Crippen LogP contribution in [-0.4, -0.2) is 31.9 Å². The van der Waals surface area contributed by atoms with Crippen molar-refractivity contribution >= 4 is 15.9 Å². The van der Waals surface area contributed by atoms with E-state index in [1.807, 2.05) is 0 Å². The predicted octanol–water partition coefficient (Wildman–Crippen LogP) is 1.08. The van der Waals surface area contributed by atoms with Gasteiger partial charge >= 0.3 is 33.5 Å². The van der Waals surface area contributed by atoms with Crippen molar-refractivity contribution in [2.75, 3.05) is 0 Å². The van der Waals surface area contributed by atoms with Gasteiger partial charge in [0, 0.05) is 0 Å². The van der Waals surface area contributed by atoms with E-state index in [4.69, 9.17) is 0 Å². The lowest BCUT2D eigenvalue weighted by atomic mass is 10.3. The summed E-state index contributed by atoms with van der Waals surface area (Å²) < 4.78 is 114. The Balaban J connectivity index is 5.34. The lowest BCUT2D eigenvalue weighted by Gasteiger charge is -2.21. The standard InChI is InChI=1S/C4HF8NO4S/c5-2(17-12,3(6,7)8)1(14)13-18(15,16)4(9,10)11/h(H,13,14). The average molecular weight is 311 g/mol. The molecule has 108 valence electrons. The molecule has 0 fully saturated rings. The molecule has 0 bridgehead atoms. The number of amides is 1. The predicted molar refractivity (Wildman–Crippen MR) is 35.2 cm³/mol. The van der Waals surface area contributed by atoms with E-state index in [-0.39, 0.29) is 4.72 Å². The van der Waals surface area contributed by atoms with E-state index in [1.165, 1.54) is 0 Å². The number of carbonyl (C=O) groups is 1. The van der Waals surface area contributed by atoms with Gasteiger partial charge in [-0.25, -0.2) is 4.72 Å². The number of rotatable bonds is 3. The Morgan fingerprint density at radius 1 is 1.00 bits per heavy atom. The number of alkyl halides is 7. The van der Waals surface area contributed by atoms with Crippen LogP contribution in [0.15, 0.2) is 0 Å². The third-order valence-corrected chi connectivity index (χ3v) is 2.36. The molecule has 0 aliphatic heterocycles. The molecule has 18 heavy (non-hydrogen) atoms. The van der Waals surface area contributed by atoms with Crippen LogP contribution in [-0.2, 0) is 19.8 Å². The molecule has 0 aromatic rings. The van der Waals surface area contributed by atoms with Gasteiger partial charge < -0.3 is 0 Å². The van der Waals surface area contributed by atoms with E-state index in [2.05, 4.69) is 0 Å². The largest absolute Gasteiger partial charge is 0.516 e. The van der Waals surface area contributed by atoms with Crippen LogP contribution >= 0.6 is 0 Å². The molecule has 0 aromatic carbocycles. The topological polar surface area (TPSA) is 72.5 Å². The molecular formula is C4HF8NO4S. The van der Waals surface area contributed by atoms with Crippen LogP contribution in [0.5, 0.6) is 0 Å². The summed E-state index contributed by atoms with van der Waals surface area (Å²) in [5, 5.41) is 0. The van der Waals surface area contributed by atoms with Crippen molar-refractivity contribution in [2.45, 2.75) is 17.5 Å². The number of nitrogens with one attached hydrogen (secondary N) is 1. The van der Waals surface area contributed by atoms with Gasteiger partial charge in [-0.05, 0) is 4.53 Å². The maximum Gasteiger partial charge on any atom is 0.516 e. The first-order chi connectivity index (χ1) is 7.69. The SMILES string of the molecule is O=C(NS(=O)(=O)C(F)(F)F)C(F)(OF)C(F)(F)F. The normalized spacial score (nSPS) is 17.1. The van der Waals surface area contributed by atoms with Gasteiger partial charge in [0.15, 0.2) is 0 Å². The molecule has 0 saturated carbocycles. The van der Waals surface area contributed by atoms with Crippen LogP contribution in [0.2, 0.25) is 0 Å². The summed E-state index contributed by atoms with van der Waals surface area (Å²) in [6, 6.07) is 0. The van der Waals surface area contributed by atoms with E-state index in [9.17, 15) is 48.5 Å². The second-order valence-corrected chi connectivity index (χ2v) is 4.22. The first-order valence-corrected chi connectivity index (χ1v) is 4.86. The number of sulfonamides is 1. The molecule has 0 aliphatic carbocycles. The molecule has 0 aliphatic rings. The van der Waals surface area contributed by atoms with E-state index >= 15 is 0 Å². The maximum absolute atomic E-state index is 12.6. The highest BCUT2D eigenvalue weighted by Crippen LogP contribution is 2.36. The zero-order valence-electron chi connectivity index (χ0n) is 7.56. The number of carbonyl (C=O) groups excluding carboxylic acids is 1. The second-order valence-electron chi connectivity index (χ2n) is 2.55. The monoisotopic (exact) mass is 311 g/mol. The highest BCUT2D eigenvalue weighted by molar-refractivity contribution is 7.90. The molecule has 14 heteroatoms.